The number of carbonyl (C=O) groups is 1. The van der Waals surface area contributed by atoms with E-state index in [1.54, 1.807) is 38.2 Å². The van der Waals surface area contributed by atoms with Crippen LogP contribution in [0.2, 0.25) is 0 Å². The van der Waals surface area contributed by atoms with E-state index in [-0.39, 0.29) is 18.4 Å². The highest BCUT2D eigenvalue weighted by atomic mass is 19.1. The standard InChI is InChI=1S/C18H22FN3O2/c1-22(2)17-9-6-14(10-16(17)19)12-21-18(23)20-11-13-4-7-15(24-3)8-5-13/h4-10H,11-12H2,1-3H3,(H2,20,21,23). The van der Waals surface area contributed by atoms with Gasteiger partial charge < -0.3 is 20.3 Å². The molecule has 6 heteroatoms. The molecular weight excluding hydrogens is 309 g/mol. The number of urea groups is 1. The second-order valence-electron chi connectivity index (χ2n) is 5.56. The Morgan fingerprint density at radius 2 is 1.62 bits per heavy atom. The zero-order valence-corrected chi connectivity index (χ0v) is 14.1. The number of halogens is 1. The number of amides is 2. The van der Waals surface area contributed by atoms with E-state index < -0.39 is 0 Å². The van der Waals surface area contributed by atoms with Gasteiger partial charge in [0.05, 0.1) is 12.8 Å². The summed E-state index contributed by atoms with van der Waals surface area (Å²) in [6.45, 7) is 0.669. The first-order valence-electron chi connectivity index (χ1n) is 7.60. The van der Waals surface area contributed by atoms with Crippen LogP contribution in [0.4, 0.5) is 14.9 Å². The minimum atomic E-state index is -0.307. The Balaban J connectivity index is 1.81. The Morgan fingerprint density at radius 1 is 1.04 bits per heavy atom. The molecular formula is C18H22FN3O2. The first kappa shape index (κ1) is 17.6. The van der Waals surface area contributed by atoms with Gasteiger partial charge >= 0.3 is 6.03 Å². The molecule has 0 spiro atoms. The highest BCUT2D eigenvalue weighted by Crippen LogP contribution is 2.18. The van der Waals surface area contributed by atoms with Gasteiger partial charge in [0, 0.05) is 27.2 Å². The lowest BCUT2D eigenvalue weighted by molar-refractivity contribution is 0.240. The van der Waals surface area contributed by atoms with Crippen molar-refractivity contribution in [2.45, 2.75) is 13.1 Å². The fraction of sp³-hybridized carbons (Fsp3) is 0.278. The van der Waals surface area contributed by atoms with E-state index in [4.69, 9.17) is 4.74 Å². The van der Waals surface area contributed by atoms with E-state index >= 15 is 0 Å². The minimum absolute atomic E-state index is 0.263. The molecule has 5 nitrogen and oxygen atoms in total. The molecule has 0 aliphatic rings. The number of ether oxygens (including phenoxy) is 1. The third-order valence-electron chi connectivity index (χ3n) is 3.56. The molecule has 2 aromatic rings. The van der Waals surface area contributed by atoms with Gasteiger partial charge in [-0.1, -0.05) is 18.2 Å². The second-order valence-corrected chi connectivity index (χ2v) is 5.56. The minimum Gasteiger partial charge on any atom is -0.497 e. The highest BCUT2D eigenvalue weighted by molar-refractivity contribution is 5.73. The number of nitrogens with one attached hydrogen (secondary N) is 2. The number of hydrogen-bond donors (Lipinski definition) is 2. The predicted octanol–water partition coefficient (Wildman–Crippen LogP) is 2.90. The number of nitrogens with zero attached hydrogens (tertiary/aromatic N) is 1. The van der Waals surface area contributed by atoms with Crippen LogP contribution in [0.1, 0.15) is 11.1 Å². The molecule has 2 aromatic carbocycles. The zero-order valence-electron chi connectivity index (χ0n) is 14.1. The van der Waals surface area contributed by atoms with Gasteiger partial charge in [-0.05, 0) is 35.4 Å². The van der Waals surface area contributed by atoms with E-state index in [0.29, 0.717) is 17.8 Å². The van der Waals surface area contributed by atoms with Gasteiger partial charge in [-0.3, -0.25) is 0 Å². The molecule has 0 aromatic heterocycles. The summed E-state index contributed by atoms with van der Waals surface area (Å²) in [7, 11) is 5.17. The Hall–Kier alpha value is -2.76. The molecule has 2 N–H and O–H groups in total. The molecule has 0 aliphatic carbocycles. The van der Waals surface area contributed by atoms with Crippen molar-refractivity contribution in [2.75, 3.05) is 26.1 Å². The smallest absolute Gasteiger partial charge is 0.315 e. The van der Waals surface area contributed by atoms with Crippen molar-refractivity contribution in [3.05, 3.63) is 59.4 Å². The van der Waals surface area contributed by atoms with Gasteiger partial charge in [0.25, 0.3) is 0 Å². The van der Waals surface area contributed by atoms with E-state index in [1.807, 2.05) is 24.3 Å². The van der Waals surface area contributed by atoms with E-state index in [2.05, 4.69) is 10.6 Å². The Bertz CT molecular complexity index is 687. The molecule has 2 amide bonds. The number of hydrogen-bond acceptors (Lipinski definition) is 3. The van der Waals surface area contributed by atoms with Crippen molar-refractivity contribution in [1.82, 2.24) is 10.6 Å². The summed E-state index contributed by atoms with van der Waals surface area (Å²) >= 11 is 0. The Labute approximate surface area is 141 Å². The van der Waals surface area contributed by atoms with Gasteiger partial charge in [-0.25, -0.2) is 9.18 Å². The Kier molecular flexibility index (Phi) is 6.01. The maximum Gasteiger partial charge on any atom is 0.315 e. The van der Waals surface area contributed by atoms with Crippen LogP contribution in [-0.2, 0) is 13.1 Å². The van der Waals surface area contributed by atoms with Crippen LogP contribution in [0, 0.1) is 5.82 Å². The molecule has 0 unspecified atom stereocenters. The fourth-order valence-electron chi connectivity index (χ4n) is 2.19. The van der Waals surface area contributed by atoms with E-state index in [0.717, 1.165) is 11.3 Å². The van der Waals surface area contributed by atoms with Crippen molar-refractivity contribution in [2.24, 2.45) is 0 Å². The van der Waals surface area contributed by atoms with Crippen LogP contribution in [0.15, 0.2) is 42.5 Å². The summed E-state index contributed by atoms with van der Waals surface area (Å²) in [6.07, 6.45) is 0. The topological polar surface area (TPSA) is 53.6 Å². The molecule has 0 bridgehead atoms. The SMILES string of the molecule is COc1ccc(CNC(=O)NCc2ccc(N(C)C)c(F)c2)cc1. The summed E-state index contributed by atoms with van der Waals surface area (Å²) in [6, 6.07) is 12.1. The summed E-state index contributed by atoms with van der Waals surface area (Å²) in [5.74, 6) is 0.462. The number of anilines is 1. The maximum absolute atomic E-state index is 13.9. The fourth-order valence-corrected chi connectivity index (χ4v) is 2.19. The van der Waals surface area contributed by atoms with Crippen LogP contribution in [0.5, 0.6) is 5.75 Å². The summed E-state index contributed by atoms with van der Waals surface area (Å²) in [5.41, 5.74) is 2.19. The number of methoxy groups -OCH3 is 1. The van der Waals surface area contributed by atoms with Crippen LogP contribution in [0.3, 0.4) is 0 Å². The van der Waals surface area contributed by atoms with Crippen molar-refractivity contribution in [3.8, 4) is 5.75 Å². The quantitative estimate of drug-likeness (QED) is 0.856. The molecule has 24 heavy (non-hydrogen) atoms. The van der Waals surface area contributed by atoms with Gasteiger partial charge in [0.1, 0.15) is 11.6 Å². The summed E-state index contributed by atoms with van der Waals surface area (Å²) < 4.78 is 19.0. The second kappa shape index (κ2) is 8.19. The molecule has 0 aliphatic heterocycles. The molecule has 0 fully saturated rings. The van der Waals surface area contributed by atoms with Crippen molar-refractivity contribution in [3.63, 3.8) is 0 Å². The average molecular weight is 331 g/mol. The first-order valence-corrected chi connectivity index (χ1v) is 7.60. The van der Waals surface area contributed by atoms with E-state index in [1.165, 1.54) is 6.07 Å². The number of rotatable bonds is 6. The lowest BCUT2D eigenvalue weighted by atomic mass is 10.2. The van der Waals surface area contributed by atoms with Crippen LogP contribution in [-0.4, -0.2) is 27.2 Å². The van der Waals surface area contributed by atoms with Gasteiger partial charge in [-0.2, -0.15) is 0 Å². The Morgan fingerprint density at radius 3 is 2.17 bits per heavy atom. The molecule has 0 saturated heterocycles. The molecule has 0 heterocycles. The predicted molar refractivity (Wildman–Crippen MR) is 92.8 cm³/mol. The third kappa shape index (κ3) is 4.87. The molecule has 0 radical (unpaired) electrons. The lowest BCUT2D eigenvalue weighted by Gasteiger charge is -2.14. The van der Waals surface area contributed by atoms with Crippen LogP contribution >= 0.6 is 0 Å². The zero-order chi connectivity index (χ0) is 17.5. The van der Waals surface area contributed by atoms with Gasteiger partial charge in [0.15, 0.2) is 0 Å². The normalized spacial score (nSPS) is 10.2. The van der Waals surface area contributed by atoms with Crippen molar-refractivity contribution < 1.29 is 13.9 Å². The van der Waals surface area contributed by atoms with E-state index in [9.17, 15) is 9.18 Å². The molecule has 128 valence electrons. The third-order valence-corrected chi connectivity index (χ3v) is 3.56. The van der Waals surface area contributed by atoms with Crippen molar-refractivity contribution in [1.29, 1.82) is 0 Å². The van der Waals surface area contributed by atoms with Gasteiger partial charge in [-0.15, -0.1) is 0 Å². The summed E-state index contributed by atoms with van der Waals surface area (Å²) in [4.78, 5) is 13.5. The molecule has 2 rings (SSSR count). The van der Waals surface area contributed by atoms with Crippen molar-refractivity contribution >= 4 is 11.7 Å². The summed E-state index contributed by atoms with van der Waals surface area (Å²) in [5, 5.41) is 5.47. The maximum atomic E-state index is 13.9. The monoisotopic (exact) mass is 331 g/mol. The van der Waals surface area contributed by atoms with Crippen LogP contribution < -0.4 is 20.3 Å². The molecule has 0 saturated carbocycles. The molecule has 0 atom stereocenters. The van der Waals surface area contributed by atoms with Gasteiger partial charge in [0.2, 0.25) is 0 Å². The highest BCUT2D eigenvalue weighted by Gasteiger charge is 2.06. The first-order chi connectivity index (χ1) is 11.5. The van der Waals surface area contributed by atoms with Crippen LogP contribution in [0.25, 0.3) is 0 Å². The number of benzene rings is 2. The average Bonchev–Trinajstić information content (AvgIpc) is 2.58. The number of carbonyl (C=O) groups excluding carboxylic acids is 1. The largest absolute Gasteiger partial charge is 0.497 e. The lowest BCUT2D eigenvalue weighted by Crippen LogP contribution is -2.34.